The zero-order chi connectivity index (χ0) is 15.4. The lowest BCUT2D eigenvalue weighted by Crippen LogP contribution is -2.24. The Bertz CT molecular complexity index is 595. The van der Waals surface area contributed by atoms with Crippen LogP contribution in [0.3, 0.4) is 0 Å². The molecule has 0 spiro atoms. The van der Waals surface area contributed by atoms with Gasteiger partial charge in [0.15, 0.2) is 0 Å². The Hall–Kier alpha value is -1.07. The molecule has 1 aromatic carbocycles. The van der Waals surface area contributed by atoms with Crippen molar-refractivity contribution >= 4 is 23.2 Å². The summed E-state index contributed by atoms with van der Waals surface area (Å²) in [7, 11) is 4.05. The third-order valence-electron chi connectivity index (χ3n) is 3.29. The van der Waals surface area contributed by atoms with Gasteiger partial charge in [0.1, 0.15) is 0 Å². The third-order valence-corrected chi connectivity index (χ3v) is 3.81. The third kappa shape index (κ3) is 4.45. The minimum atomic E-state index is -0.208. The molecule has 0 bridgehead atoms. The van der Waals surface area contributed by atoms with Crippen LogP contribution in [0.5, 0.6) is 0 Å². The predicted octanol–water partition coefficient (Wildman–Crippen LogP) is 2.99. The van der Waals surface area contributed by atoms with Crippen LogP contribution in [0.2, 0.25) is 10.0 Å². The summed E-state index contributed by atoms with van der Waals surface area (Å²) >= 11 is 12.3. The Labute approximate surface area is 135 Å². The van der Waals surface area contributed by atoms with Crippen molar-refractivity contribution in [3.63, 3.8) is 0 Å². The van der Waals surface area contributed by atoms with E-state index >= 15 is 0 Å². The fourth-order valence-electron chi connectivity index (χ4n) is 2.23. The predicted molar refractivity (Wildman–Crippen MR) is 87.9 cm³/mol. The van der Waals surface area contributed by atoms with E-state index in [2.05, 4.69) is 10.00 Å². The molecule has 0 fully saturated rings. The molecule has 0 aliphatic rings. The summed E-state index contributed by atoms with van der Waals surface area (Å²) in [5, 5.41) is 5.65. The van der Waals surface area contributed by atoms with Gasteiger partial charge in [-0.3, -0.25) is 4.68 Å². The Morgan fingerprint density at radius 3 is 2.76 bits per heavy atom. The van der Waals surface area contributed by atoms with Crippen molar-refractivity contribution in [1.29, 1.82) is 0 Å². The first kappa shape index (κ1) is 16.3. The fourth-order valence-corrected chi connectivity index (χ4v) is 2.72. The smallest absolute Gasteiger partial charge is 0.0834 e. The normalized spacial score (nSPS) is 12.9. The van der Waals surface area contributed by atoms with Crippen LogP contribution in [0.25, 0.3) is 0 Å². The molecule has 1 heterocycles. The van der Waals surface area contributed by atoms with Gasteiger partial charge in [-0.15, -0.1) is 0 Å². The van der Waals surface area contributed by atoms with E-state index in [0.29, 0.717) is 16.5 Å². The number of likely N-dealkylation sites (N-methyl/N-ethyl adjacent to an activating group) is 1. The fraction of sp³-hybridized carbons (Fsp3) is 0.400. The first-order valence-corrected chi connectivity index (χ1v) is 7.59. The van der Waals surface area contributed by atoms with Gasteiger partial charge >= 0.3 is 0 Å². The lowest BCUT2D eigenvalue weighted by atomic mass is 10.0. The van der Waals surface area contributed by atoms with Gasteiger partial charge < -0.3 is 10.6 Å². The molecule has 0 aliphatic carbocycles. The van der Waals surface area contributed by atoms with Crippen molar-refractivity contribution in [3.05, 3.63) is 51.8 Å². The van der Waals surface area contributed by atoms with E-state index in [9.17, 15) is 0 Å². The Kier molecular flexibility index (Phi) is 5.65. The molecular weight excluding hydrogens is 307 g/mol. The summed E-state index contributed by atoms with van der Waals surface area (Å²) in [5.74, 6) is 0. The van der Waals surface area contributed by atoms with E-state index in [0.717, 1.165) is 24.3 Å². The highest BCUT2D eigenvalue weighted by Crippen LogP contribution is 2.25. The largest absolute Gasteiger partial charge is 0.322 e. The van der Waals surface area contributed by atoms with E-state index in [1.807, 2.05) is 43.0 Å². The Balaban J connectivity index is 2.14. The second-order valence-electron chi connectivity index (χ2n) is 5.34. The van der Waals surface area contributed by atoms with Crippen LogP contribution in [0, 0.1) is 0 Å². The van der Waals surface area contributed by atoms with E-state index in [1.165, 1.54) is 0 Å². The molecule has 114 valence electrons. The Morgan fingerprint density at radius 2 is 2.10 bits per heavy atom. The highest BCUT2D eigenvalue weighted by molar-refractivity contribution is 6.31. The monoisotopic (exact) mass is 326 g/mol. The van der Waals surface area contributed by atoms with Crippen LogP contribution in [0.15, 0.2) is 30.5 Å². The van der Waals surface area contributed by atoms with Crippen molar-refractivity contribution in [2.45, 2.75) is 19.0 Å². The number of hydrogen-bond acceptors (Lipinski definition) is 3. The molecule has 0 saturated carbocycles. The van der Waals surface area contributed by atoms with Crippen LogP contribution in [0.4, 0.5) is 0 Å². The SMILES string of the molecule is CN(C)CCn1ncc(Cl)c1C(N)Cc1cccc(Cl)c1. The first-order chi connectivity index (χ1) is 9.97. The van der Waals surface area contributed by atoms with Crippen molar-refractivity contribution in [2.24, 2.45) is 5.73 Å². The highest BCUT2D eigenvalue weighted by Gasteiger charge is 2.17. The Morgan fingerprint density at radius 1 is 1.33 bits per heavy atom. The maximum atomic E-state index is 6.33. The minimum Gasteiger partial charge on any atom is -0.322 e. The van der Waals surface area contributed by atoms with Gasteiger partial charge in [0.2, 0.25) is 0 Å². The van der Waals surface area contributed by atoms with E-state index in [-0.39, 0.29) is 6.04 Å². The van der Waals surface area contributed by atoms with Crippen molar-refractivity contribution < 1.29 is 0 Å². The summed E-state index contributed by atoms with van der Waals surface area (Å²) in [6.45, 7) is 1.65. The molecule has 2 aromatic rings. The number of aromatic nitrogens is 2. The second kappa shape index (κ2) is 7.27. The summed E-state index contributed by atoms with van der Waals surface area (Å²) in [6, 6.07) is 7.51. The summed E-state index contributed by atoms with van der Waals surface area (Å²) in [4.78, 5) is 2.10. The standard InChI is InChI=1S/C15H20Cl2N4/c1-20(2)6-7-21-15(13(17)10-19-21)14(18)9-11-4-3-5-12(16)8-11/h3-5,8,10,14H,6-7,9,18H2,1-2H3. The number of nitrogens with two attached hydrogens (primary N) is 1. The van der Waals surface area contributed by atoms with Gasteiger partial charge in [-0.25, -0.2) is 0 Å². The molecule has 1 atom stereocenters. The summed E-state index contributed by atoms with van der Waals surface area (Å²) in [5.41, 5.74) is 8.29. The topological polar surface area (TPSA) is 47.1 Å². The van der Waals surface area contributed by atoms with Crippen molar-refractivity contribution in [3.8, 4) is 0 Å². The zero-order valence-electron chi connectivity index (χ0n) is 12.3. The molecule has 1 unspecified atom stereocenters. The maximum absolute atomic E-state index is 6.33. The molecule has 1 aromatic heterocycles. The van der Waals surface area contributed by atoms with Crippen molar-refractivity contribution in [2.75, 3.05) is 20.6 Å². The summed E-state index contributed by atoms with van der Waals surface area (Å²) < 4.78 is 1.89. The number of rotatable bonds is 6. The van der Waals surface area contributed by atoms with E-state index in [1.54, 1.807) is 6.20 Å². The molecule has 2 rings (SSSR count). The molecule has 0 aliphatic heterocycles. The van der Waals surface area contributed by atoms with Crippen LogP contribution in [-0.2, 0) is 13.0 Å². The van der Waals surface area contributed by atoms with Gasteiger partial charge in [0.25, 0.3) is 0 Å². The number of hydrogen-bond donors (Lipinski definition) is 1. The minimum absolute atomic E-state index is 0.208. The molecule has 0 radical (unpaired) electrons. The first-order valence-electron chi connectivity index (χ1n) is 6.83. The average Bonchev–Trinajstić information content (AvgIpc) is 2.77. The molecular formula is C15H20Cl2N4. The molecule has 0 amide bonds. The quantitative estimate of drug-likeness (QED) is 0.887. The second-order valence-corrected chi connectivity index (χ2v) is 6.19. The van der Waals surface area contributed by atoms with Gasteiger partial charge in [0, 0.05) is 11.6 Å². The van der Waals surface area contributed by atoms with Gasteiger partial charge in [-0.2, -0.15) is 5.10 Å². The number of halogens is 2. The number of benzene rings is 1. The van der Waals surface area contributed by atoms with Crippen LogP contribution in [-0.4, -0.2) is 35.3 Å². The summed E-state index contributed by atoms with van der Waals surface area (Å²) in [6.07, 6.45) is 2.33. The average molecular weight is 327 g/mol. The number of nitrogens with zero attached hydrogens (tertiary/aromatic N) is 3. The van der Waals surface area contributed by atoms with E-state index < -0.39 is 0 Å². The molecule has 2 N–H and O–H groups in total. The van der Waals surface area contributed by atoms with Gasteiger partial charge in [-0.1, -0.05) is 35.3 Å². The molecule has 21 heavy (non-hydrogen) atoms. The lowest BCUT2D eigenvalue weighted by molar-refractivity contribution is 0.366. The van der Waals surface area contributed by atoms with E-state index in [4.69, 9.17) is 28.9 Å². The lowest BCUT2D eigenvalue weighted by Gasteiger charge is -2.17. The molecule has 0 saturated heterocycles. The molecule has 6 heteroatoms. The van der Waals surface area contributed by atoms with Crippen LogP contribution >= 0.6 is 23.2 Å². The molecule has 4 nitrogen and oxygen atoms in total. The van der Waals surface area contributed by atoms with Crippen LogP contribution in [0.1, 0.15) is 17.3 Å². The van der Waals surface area contributed by atoms with Crippen molar-refractivity contribution in [1.82, 2.24) is 14.7 Å². The maximum Gasteiger partial charge on any atom is 0.0834 e. The highest BCUT2D eigenvalue weighted by atomic mass is 35.5. The van der Waals surface area contributed by atoms with Gasteiger partial charge in [0.05, 0.1) is 29.5 Å². The van der Waals surface area contributed by atoms with Crippen LogP contribution < -0.4 is 5.73 Å². The zero-order valence-corrected chi connectivity index (χ0v) is 13.8. The van der Waals surface area contributed by atoms with Gasteiger partial charge in [-0.05, 0) is 38.2 Å².